The van der Waals surface area contributed by atoms with Crippen LogP contribution in [0.5, 0.6) is 0 Å². The zero-order valence-corrected chi connectivity index (χ0v) is 35.0. The molecule has 0 aliphatic carbocycles. The van der Waals surface area contributed by atoms with Crippen LogP contribution in [0.1, 0.15) is 35.3 Å². The van der Waals surface area contributed by atoms with Gasteiger partial charge in [-0.25, -0.2) is 28.9 Å². The molecule has 0 saturated carbocycles. The number of carbonyl (C=O) groups is 3. The summed E-state index contributed by atoms with van der Waals surface area (Å²) in [7, 11) is -11.1. The van der Waals surface area contributed by atoms with Crippen LogP contribution in [0, 0.1) is 13.8 Å². The number of urea groups is 1. The summed E-state index contributed by atoms with van der Waals surface area (Å²) in [5.74, 6) is -2.01. The number of anilines is 3. The molecule has 12 atom stereocenters. The number of benzene rings is 2. The van der Waals surface area contributed by atoms with Crippen LogP contribution in [0.15, 0.2) is 55.1 Å². The first kappa shape index (κ1) is 44.6. The molecule has 25 nitrogen and oxygen atoms in total. The number of carbonyl (C=O) groups excluding carboxylic acids is 3. The highest BCUT2D eigenvalue weighted by Gasteiger charge is 2.69. The Labute approximate surface area is 356 Å². The lowest BCUT2D eigenvalue weighted by Crippen LogP contribution is -2.81. The number of imidazole rings is 1. The number of rotatable bonds is 14. The lowest BCUT2D eigenvalue weighted by atomic mass is 9.73. The van der Waals surface area contributed by atoms with Crippen molar-refractivity contribution < 1.29 is 76.9 Å². The van der Waals surface area contributed by atoms with Crippen LogP contribution in [-0.2, 0) is 36.8 Å². The third-order valence-corrected chi connectivity index (χ3v) is 14.2. The molecule has 8 rings (SSSR count). The minimum Gasteiger partial charge on any atom is -0.388 e. The number of nitrogens with one attached hydrogen (secondary N) is 2. The fourth-order valence-electron chi connectivity index (χ4n) is 8.53. The summed E-state index contributed by atoms with van der Waals surface area (Å²) in [6.07, 6.45) is -11.6. The molecule has 1 spiro atoms. The molecule has 2 unspecified atom stereocenters. The smallest absolute Gasteiger partial charge is 0.388 e. The van der Waals surface area contributed by atoms with E-state index in [0.29, 0.717) is 5.56 Å². The van der Waals surface area contributed by atoms with Gasteiger partial charge in [-0.1, -0.05) is 30.3 Å². The van der Waals surface area contributed by atoms with Crippen molar-refractivity contribution in [1.82, 2.24) is 30.2 Å². The van der Waals surface area contributed by atoms with Gasteiger partial charge in [-0.15, -0.1) is 0 Å². The van der Waals surface area contributed by atoms with E-state index in [1.165, 1.54) is 20.7 Å². The molecule has 27 heteroatoms. The second-order valence-electron chi connectivity index (χ2n) is 15.5. The molecule has 4 aliphatic rings. The van der Waals surface area contributed by atoms with Crippen molar-refractivity contribution in [3.8, 4) is 0 Å². The number of imide groups is 1. The van der Waals surface area contributed by atoms with Gasteiger partial charge in [0.15, 0.2) is 23.2 Å². The summed E-state index contributed by atoms with van der Waals surface area (Å²) in [6, 6.07) is 11.2. The van der Waals surface area contributed by atoms with Crippen LogP contribution in [0.3, 0.4) is 0 Å². The van der Waals surface area contributed by atoms with E-state index >= 15 is 0 Å². The standard InChI is InChI=1S/C36H43N9O16P2/c1-16-8-20-21(9-17(16)2)45-25(48)10-19(18-6-4-3-5-7-18)36(45)33(41-35(53)42-34(36)52)43(20)11-22(46)27(49)23(47)12-58-62(54,55)61-63(56,57)59-13-24-28(50)29(51)32(60-24)44-15-40-26-30(37)38-14-39-31(26)44/h3-9,14-15,19,22-24,27-29,32-33,46-47,49-51H,10-13H2,1-2H3,(H,54,55)(H,56,57)(H2,37,38,39)(H2,41,42,52,53)/t19-,22+,23-,24-,27+,28-,29-,32-,33-,36+/m1/s1. The summed E-state index contributed by atoms with van der Waals surface area (Å²) >= 11 is 0. The fraction of sp³-hybridized carbons (Fsp3) is 0.444. The third-order valence-electron chi connectivity index (χ3n) is 11.6. The Balaban J connectivity index is 0.941. The molecule has 63 heavy (non-hydrogen) atoms. The molecule has 4 amide bonds. The fourth-order valence-corrected chi connectivity index (χ4v) is 10.6. The van der Waals surface area contributed by atoms with E-state index in [-0.39, 0.29) is 34.8 Å². The number of nitrogens with zero attached hydrogens (tertiary/aromatic N) is 6. The molecular formula is C36H43N9O16P2. The zero-order chi connectivity index (χ0) is 45.3. The van der Waals surface area contributed by atoms with E-state index in [1.54, 1.807) is 56.3 Å². The molecule has 6 heterocycles. The van der Waals surface area contributed by atoms with Gasteiger partial charge in [-0.3, -0.25) is 33.4 Å². The number of phosphoric ester groups is 2. The lowest BCUT2D eigenvalue weighted by Gasteiger charge is -2.56. The van der Waals surface area contributed by atoms with Crippen LogP contribution in [-0.4, -0.2) is 141 Å². The number of ether oxygens (including phenoxy) is 1. The molecule has 11 N–H and O–H groups in total. The number of amides is 4. The van der Waals surface area contributed by atoms with Crippen LogP contribution in [0.2, 0.25) is 0 Å². The number of hydrogen-bond donors (Lipinski definition) is 10. The number of fused-ring (bicyclic) bond motifs is 3. The maximum absolute atomic E-state index is 14.2. The second kappa shape index (κ2) is 16.5. The Bertz CT molecular complexity index is 2550. The first-order chi connectivity index (χ1) is 29.7. The van der Waals surface area contributed by atoms with Gasteiger partial charge < -0.3 is 56.0 Å². The lowest BCUT2D eigenvalue weighted by molar-refractivity contribution is -0.129. The SMILES string of the molecule is Cc1cc2c(cc1C)N1C(=O)C[C@H](c3ccccc3)[C@]13C(=O)NC(=O)N[C@@H]3N2C[C@H](O)[C@H](O)[C@H](O)COP(=O)(O)OP(=O)(O)OC[C@H]1O[C@@H](n2cnc3c(N)ncnc32)[C@H](O)[C@@H]1O. The molecule has 3 saturated heterocycles. The van der Waals surface area contributed by atoms with Crippen LogP contribution in [0.25, 0.3) is 11.2 Å². The summed E-state index contributed by atoms with van der Waals surface area (Å²) in [4.78, 5) is 76.4. The number of aliphatic hydroxyl groups excluding tert-OH is 5. The normalized spacial score (nSPS) is 28.9. The van der Waals surface area contributed by atoms with E-state index in [0.717, 1.165) is 17.5 Å². The van der Waals surface area contributed by atoms with Crippen LogP contribution in [0.4, 0.5) is 22.0 Å². The van der Waals surface area contributed by atoms with Gasteiger partial charge in [-0.05, 0) is 42.7 Å². The molecule has 4 aliphatic heterocycles. The topological polar surface area (TPSA) is 364 Å². The Morgan fingerprint density at radius 1 is 0.952 bits per heavy atom. The summed E-state index contributed by atoms with van der Waals surface area (Å²) in [6.45, 7) is 0.734. The average molecular weight is 920 g/mol. The maximum atomic E-state index is 14.2. The number of nitrogens with two attached hydrogens (primary N) is 1. The number of β-amino-alcohol motifs (C(OH)–C–C–N with tert-alkyl or cyclic N) is 1. The average Bonchev–Trinajstić information content (AvgIpc) is 3.89. The molecule has 3 fully saturated rings. The van der Waals surface area contributed by atoms with Crippen molar-refractivity contribution in [2.75, 3.05) is 35.3 Å². The van der Waals surface area contributed by atoms with Gasteiger partial charge in [0.1, 0.15) is 54.6 Å². The van der Waals surface area contributed by atoms with Gasteiger partial charge in [-0.2, -0.15) is 4.31 Å². The Morgan fingerprint density at radius 3 is 2.35 bits per heavy atom. The minimum absolute atomic E-state index is 0.0233. The van der Waals surface area contributed by atoms with Crippen molar-refractivity contribution in [3.05, 3.63) is 71.8 Å². The zero-order valence-electron chi connectivity index (χ0n) is 33.2. The molecule has 0 radical (unpaired) electrons. The molecule has 2 aromatic carbocycles. The Morgan fingerprint density at radius 2 is 1.63 bits per heavy atom. The highest BCUT2D eigenvalue weighted by Crippen LogP contribution is 2.61. The number of aryl methyl sites for hydroxylation is 2. The van der Waals surface area contributed by atoms with E-state index in [1.807, 2.05) is 0 Å². The summed E-state index contributed by atoms with van der Waals surface area (Å²) in [5, 5.41) is 59.6. The van der Waals surface area contributed by atoms with Crippen molar-refractivity contribution in [1.29, 1.82) is 0 Å². The van der Waals surface area contributed by atoms with Gasteiger partial charge in [0.25, 0.3) is 5.91 Å². The van der Waals surface area contributed by atoms with Gasteiger partial charge in [0.2, 0.25) is 5.91 Å². The predicted octanol–water partition coefficient (Wildman–Crippen LogP) is -1.08. The first-order valence-corrected chi connectivity index (χ1v) is 22.3. The molecular weight excluding hydrogens is 876 g/mol. The van der Waals surface area contributed by atoms with E-state index < -0.39 is 114 Å². The monoisotopic (exact) mass is 919 g/mol. The predicted molar refractivity (Wildman–Crippen MR) is 214 cm³/mol. The molecule has 4 aromatic rings. The number of phosphoric acid groups is 2. The number of nitrogen functional groups attached to an aromatic ring is 1. The van der Waals surface area contributed by atoms with Crippen molar-refractivity contribution in [3.63, 3.8) is 0 Å². The third kappa shape index (κ3) is 7.88. The number of aliphatic hydroxyl groups is 5. The summed E-state index contributed by atoms with van der Waals surface area (Å²) < 4.78 is 46.1. The quantitative estimate of drug-likeness (QED) is 0.0673. The highest BCUT2D eigenvalue weighted by atomic mass is 31.3. The van der Waals surface area contributed by atoms with E-state index in [4.69, 9.17) is 15.0 Å². The van der Waals surface area contributed by atoms with Crippen molar-refractivity contribution >= 4 is 61.8 Å². The Kier molecular flexibility index (Phi) is 11.7. The van der Waals surface area contributed by atoms with E-state index in [2.05, 4.69) is 34.4 Å². The van der Waals surface area contributed by atoms with Gasteiger partial charge >= 0.3 is 21.7 Å². The maximum Gasteiger partial charge on any atom is 0.481 e. The number of hydrogen-bond acceptors (Lipinski definition) is 19. The van der Waals surface area contributed by atoms with Crippen molar-refractivity contribution in [2.24, 2.45) is 0 Å². The number of aromatic nitrogens is 4. The van der Waals surface area contributed by atoms with Gasteiger partial charge in [0.05, 0.1) is 30.9 Å². The molecule has 338 valence electrons. The second-order valence-corrected chi connectivity index (χ2v) is 18.5. The van der Waals surface area contributed by atoms with Crippen LogP contribution < -0.4 is 26.2 Å². The molecule has 2 aromatic heterocycles. The van der Waals surface area contributed by atoms with Crippen molar-refractivity contribution in [2.45, 2.75) is 80.7 Å². The van der Waals surface area contributed by atoms with E-state index in [9.17, 15) is 58.8 Å². The molecule has 0 bridgehead atoms. The largest absolute Gasteiger partial charge is 0.481 e. The highest BCUT2D eigenvalue weighted by molar-refractivity contribution is 7.61. The van der Waals surface area contributed by atoms with Gasteiger partial charge in [0, 0.05) is 18.9 Å². The summed E-state index contributed by atoms with van der Waals surface area (Å²) in [5.41, 5.74) is 6.94. The van der Waals surface area contributed by atoms with Crippen LogP contribution >= 0.6 is 15.6 Å². The Hall–Kier alpha value is -4.98. The minimum atomic E-state index is -5.61. The first-order valence-electron chi connectivity index (χ1n) is 19.3.